The Hall–Kier alpha value is -2.54. The molecule has 5 aliphatic carbocycles. The lowest BCUT2D eigenvalue weighted by atomic mass is 9.68. The van der Waals surface area contributed by atoms with Crippen molar-refractivity contribution in [3.8, 4) is 0 Å². The Morgan fingerprint density at radius 1 is 0.853 bits per heavy atom. The van der Waals surface area contributed by atoms with Crippen LogP contribution in [0.1, 0.15) is 57.8 Å². The SMILES string of the molecule is C1=CC2C3=C(C=CC(C4=CC(C5=CCCC(C6CCCCC6)=C5)CC=C4)C3)C3C=CC3N2C=C1. The molecule has 5 unspecified atom stereocenters. The zero-order chi connectivity index (χ0) is 22.5. The molecule has 1 nitrogen and oxygen atoms in total. The highest BCUT2D eigenvalue weighted by atomic mass is 15.2. The predicted molar refractivity (Wildman–Crippen MR) is 142 cm³/mol. The van der Waals surface area contributed by atoms with Gasteiger partial charge < -0.3 is 4.90 Å². The molecule has 7 rings (SSSR count). The van der Waals surface area contributed by atoms with Gasteiger partial charge in [0.25, 0.3) is 0 Å². The second-order valence-electron chi connectivity index (χ2n) is 11.4. The Balaban J connectivity index is 1.12. The van der Waals surface area contributed by atoms with Gasteiger partial charge in [0.05, 0.1) is 12.1 Å². The molecule has 0 aromatic heterocycles. The third kappa shape index (κ3) is 3.51. The molecule has 0 aromatic rings. The first-order valence-corrected chi connectivity index (χ1v) is 13.9. The van der Waals surface area contributed by atoms with Crippen molar-refractivity contribution < 1.29 is 0 Å². The minimum Gasteiger partial charge on any atom is -0.360 e. The van der Waals surface area contributed by atoms with Crippen LogP contribution in [0.15, 0.2) is 107 Å². The van der Waals surface area contributed by atoms with Gasteiger partial charge in [0, 0.05) is 24.0 Å². The average Bonchev–Trinajstić information content (AvgIpc) is 2.89. The topological polar surface area (TPSA) is 3.24 Å². The molecule has 0 bridgehead atoms. The van der Waals surface area contributed by atoms with Gasteiger partial charge in [-0.1, -0.05) is 91.7 Å². The summed E-state index contributed by atoms with van der Waals surface area (Å²) in [7, 11) is 0. The highest BCUT2D eigenvalue weighted by molar-refractivity contribution is 5.51. The summed E-state index contributed by atoms with van der Waals surface area (Å²) in [5.41, 5.74) is 8.13. The van der Waals surface area contributed by atoms with Crippen LogP contribution < -0.4 is 0 Å². The van der Waals surface area contributed by atoms with Crippen molar-refractivity contribution in [3.63, 3.8) is 0 Å². The van der Waals surface area contributed by atoms with Crippen molar-refractivity contribution in [3.05, 3.63) is 107 Å². The first-order valence-electron chi connectivity index (χ1n) is 13.9. The number of nitrogens with zero attached hydrogens (tertiary/aromatic N) is 1. The van der Waals surface area contributed by atoms with Crippen molar-refractivity contribution in [2.45, 2.75) is 69.9 Å². The second-order valence-corrected chi connectivity index (χ2v) is 11.4. The Labute approximate surface area is 205 Å². The van der Waals surface area contributed by atoms with E-state index in [1.165, 1.54) is 50.5 Å². The van der Waals surface area contributed by atoms with Crippen LogP contribution in [0.25, 0.3) is 0 Å². The van der Waals surface area contributed by atoms with E-state index in [0.29, 0.717) is 29.8 Å². The van der Waals surface area contributed by atoms with E-state index in [9.17, 15) is 0 Å². The number of fused-ring (bicyclic) bond motifs is 5. The molecular weight excluding hydrogens is 410 g/mol. The minimum absolute atomic E-state index is 0.435. The molecule has 2 aliphatic heterocycles. The van der Waals surface area contributed by atoms with Gasteiger partial charge in [0.1, 0.15) is 0 Å². The van der Waals surface area contributed by atoms with Crippen molar-refractivity contribution in [2.75, 3.05) is 0 Å². The highest BCUT2D eigenvalue weighted by Crippen LogP contribution is 2.47. The summed E-state index contributed by atoms with van der Waals surface area (Å²) in [5, 5.41) is 0. The highest BCUT2D eigenvalue weighted by Gasteiger charge is 2.42. The minimum atomic E-state index is 0.435. The van der Waals surface area contributed by atoms with E-state index in [1.54, 1.807) is 22.3 Å². The molecule has 0 spiro atoms. The third-order valence-corrected chi connectivity index (χ3v) is 9.49. The summed E-state index contributed by atoms with van der Waals surface area (Å²) in [6.07, 6.45) is 43.6. The fraction of sp³-hybridized carbons (Fsp3) is 0.455. The van der Waals surface area contributed by atoms with Crippen molar-refractivity contribution in [2.24, 2.45) is 23.7 Å². The lowest BCUT2D eigenvalue weighted by Gasteiger charge is -2.51. The predicted octanol–water partition coefficient (Wildman–Crippen LogP) is 7.91. The Morgan fingerprint density at radius 3 is 2.68 bits per heavy atom. The van der Waals surface area contributed by atoms with Crippen LogP contribution in [0.3, 0.4) is 0 Å². The molecule has 7 aliphatic rings. The molecule has 0 amide bonds. The largest absolute Gasteiger partial charge is 0.360 e. The molecule has 0 saturated heterocycles. The van der Waals surface area contributed by atoms with Gasteiger partial charge in [0.15, 0.2) is 0 Å². The average molecular weight is 448 g/mol. The standard InChI is InChI=1S/C33H37N/c1-2-8-23(9-3-1)24-10-6-11-25(20-24)26-12-7-13-27(21-26)28-15-16-29-30-17-18-33(30)34-19-5-4-14-32(34)31(29)22-28/h4-5,7,11,13-21,23,26,28,30,32-33H,1-3,6,8-10,12,22H2. The third-order valence-electron chi connectivity index (χ3n) is 9.49. The van der Waals surface area contributed by atoms with E-state index in [4.69, 9.17) is 0 Å². The van der Waals surface area contributed by atoms with Crippen molar-refractivity contribution in [1.29, 1.82) is 0 Å². The monoisotopic (exact) mass is 447 g/mol. The molecule has 1 saturated carbocycles. The summed E-state index contributed by atoms with van der Waals surface area (Å²) in [6, 6.07) is 0.984. The van der Waals surface area contributed by atoms with E-state index in [-0.39, 0.29) is 0 Å². The second kappa shape index (κ2) is 8.59. The molecule has 0 aromatic carbocycles. The van der Waals surface area contributed by atoms with Crippen molar-refractivity contribution in [1.82, 2.24) is 4.90 Å². The number of hydrogen-bond donors (Lipinski definition) is 0. The molecule has 174 valence electrons. The van der Waals surface area contributed by atoms with Gasteiger partial charge in [-0.3, -0.25) is 0 Å². The van der Waals surface area contributed by atoms with Gasteiger partial charge in [-0.05, 0) is 72.8 Å². The fourth-order valence-electron chi connectivity index (χ4n) is 7.57. The first kappa shape index (κ1) is 20.8. The molecule has 0 radical (unpaired) electrons. The zero-order valence-corrected chi connectivity index (χ0v) is 20.3. The lowest BCUT2D eigenvalue weighted by molar-refractivity contribution is 0.216. The molecule has 2 heterocycles. The van der Waals surface area contributed by atoms with Crippen LogP contribution in [0.5, 0.6) is 0 Å². The summed E-state index contributed by atoms with van der Waals surface area (Å²) < 4.78 is 0. The number of rotatable bonds is 3. The Kier molecular flexibility index (Phi) is 5.26. The summed E-state index contributed by atoms with van der Waals surface area (Å²) >= 11 is 0. The smallest absolute Gasteiger partial charge is 0.0696 e. The maximum absolute atomic E-state index is 2.62. The van der Waals surface area contributed by atoms with Crippen molar-refractivity contribution >= 4 is 0 Å². The fourth-order valence-corrected chi connectivity index (χ4v) is 7.57. The quantitative estimate of drug-likeness (QED) is 0.397. The lowest BCUT2D eigenvalue weighted by Crippen LogP contribution is -2.51. The van der Waals surface area contributed by atoms with Gasteiger partial charge >= 0.3 is 0 Å². The van der Waals surface area contributed by atoms with Gasteiger partial charge in [0.2, 0.25) is 0 Å². The van der Waals surface area contributed by atoms with E-state index < -0.39 is 0 Å². The zero-order valence-electron chi connectivity index (χ0n) is 20.3. The Morgan fingerprint density at radius 2 is 1.79 bits per heavy atom. The normalized spacial score (nSPS) is 36.3. The van der Waals surface area contributed by atoms with Crippen LogP contribution in [0, 0.1) is 23.7 Å². The number of hydrogen-bond acceptors (Lipinski definition) is 1. The van der Waals surface area contributed by atoms with E-state index >= 15 is 0 Å². The molecule has 1 heteroatoms. The Bertz CT molecular complexity index is 1120. The van der Waals surface area contributed by atoms with E-state index in [1.807, 2.05) is 0 Å². The maximum Gasteiger partial charge on any atom is 0.0696 e. The molecule has 34 heavy (non-hydrogen) atoms. The maximum atomic E-state index is 2.62. The van der Waals surface area contributed by atoms with Gasteiger partial charge in [-0.2, -0.15) is 0 Å². The van der Waals surface area contributed by atoms with E-state index in [0.717, 1.165) is 18.8 Å². The van der Waals surface area contributed by atoms with Crippen LogP contribution in [-0.4, -0.2) is 17.0 Å². The number of allylic oxidation sites excluding steroid dienone is 12. The van der Waals surface area contributed by atoms with Crippen LogP contribution in [0.2, 0.25) is 0 Å². The van der Waals surface area contributed by atoms with Gasteiger partial charge in [-0.25, -0.2) is 0 Å². The first-order chi connectivity index (χ1) is 16.8. The summed E-state index contributed by atoms with van der Waals surface area (Å²) in [5.74, 6) is 2.51. The van der Waals surface area contributed by atoms with Crippen LogP contribution in [-0.2, 0) is 0 Å². The molecule has 1 fully saturated rings. The van der Waals surface area contributed by atoms with Crippen LogP contribution in [0.4, 0.5) is 0 Å². The summed E-state index contributed by atoms with van der Waals surface area (Å²) in [4.78, 5) is 2.58. The summed E-state index contributed by atoms with van der Waals surface area (Å²) in [6.45, 7) is 0. The van der Waals surface area contributed by atoms with E-state index in [2.05, 4.69) is 84.0 Å². The molecule has 5 atom stereocenters. The van der Waals surface area contributed by atoms with Crippen LogP contribution >= 0.6 is 0 Å². The molecule has 0 N–H and O–H groups in total. The molecular formula is C33H37N. The van der Waals surface area contributed by atoms with Gasteiger partial charge in [-0.15, -0.1) is 0 Å².